The molecule has 1 saturated heterocycles. The van der Waals surface area contributed by atoms with Crippen molar-refractivity contribution in [2.24, 2.45) is 5.41 Å². The number of thiocarbonyl (C=S) groups is 1. The summed E-state index contributed by atoms with van der Waals surface area (Å²) in [4.78, 5) is 3.24. The lowest BCUT2D eigenvalue weighted by Crippen LogP contribution is -2.62. The number of hydrogen-bond acceptors (Lipinski definition) is 1. The summed E-state index contributed by atoms with van der Waals surface area (Å²) >= 11 is 5.15. The van der Waals surface area contributed by atoms with Gasteiger partial charge in [-0.3, -0.25) is 0 Å². The SMILES string of the molecule is CC1N(C)C(=S)C1(C)C. The Morgan fingerprint density at radius 1 is 1.56 bits per heavy atom. The van der Waals surface area contributed by atoms with Gasteiger partial charge in [-0.15, -0.1) is 0 Å². The lowest BCUT2D eigenvalue weighted by atomic mass is 9.76. The van der Waals surface area contributed by atoms with Gasteiger partial charge in [-0.2, -0.15) is 0 Å². The van der Waals surface area contributed by atoms with E-state index in [2.05, 4.69) is 32.7 Å². The molecule has 1 rings (SSSR count). The standard InChI is InChI=1S/C7H13NS/c1-5-7(2,3)6(9)8(5)4/h5H,1-4H3. The molecule has 9 heavy (non-hydrogen) atoms. The van der Waals surface area contributed by atoms with Crippen molar-refractivity contribution in [3.05, 3.63) is 0 Å². The first-order valence-corrected chi connectivity index (χ1v) is 3.66. The van der Waals surface area contributed by atoms with Crippen LogP contribution in [0.4, 0.5) is 0 Å². The molecule has 0 radical (unpaired) electrons. The van der Waals surface area contributed by atoms with Crippen LogP contribution < -0.4 is 0 Å². The van der Waals surface area contributed by atoms with E-state index in [-0.39, 0.29) is 5.41 Å². The Bertz CT molecular complexity index is 151. The highest BCUT2D eigenvalue weighted by Crippen LogP contribution is 2.37. The summed E-state index contributed by atoms with van der Waals surface area (Å²) in [5, 5.41) is 0. The van der Waals surface area contributed by atoms with Crippen LogP contribution in [-0.4, -0.2) is 23.0 Å². The van der Waals surface area contributed by atoms with Crippen molar-refractivity contribution >= 4 is 17.2 Å². The van der Waals surface area contributed by atoms with Gasteiger partial charge < -0.3 is 4.90 Å². The smallest absolute Gasteiger partial charge is 0.0857 e. The van der Waals surface area contributed by atoms with Gasteiger partial charge in [0.15, 0.2) is 0 Å². The number of nitrogens with zero attached hydrogens (tertiary/aromatic N) is 1. The molecule has 0 aromatic rings. The van der Waals surface area contributed by atoms with E-state index in [1.807, 2.05) is 0 Å². The fourth-order valence-corrected chi connectivity index (χ4v) is 1.56. The summed E-state index contributed by atoms with van der Waals surface area (Å²) in [7, 11) is 2.05. The second-order valence-corrected chi connectivity index (χ2v) is 3.70. The van der Waals surface area contributed by atoms with Crippen molar-refractivity contribution < 1.29 is 0 Å². The zero-order chi connectivity index (χ0) is 7.23. The van der Waals surface area contributed by atoms with Crippen LogP contribution in [0.5, 0.6) is 0 Å². The molecular formula is C7H13NS. The van der Waals surface area contributed by atoms with E-state index >= 15 is 0 Å². The maximum atomic E-state index is 5.15. The van der Waals surface area contributed by atoms with Crippen molar-refractivity contribution in [3.63, 3.8) is 0 Å². The van der Waals surface area contributed by atoms with E-state index < -0.39 is 0 Å². The van der Waals surface area contributed by atoms with Crippen molar-refractivity contribution in [2.45, 2.75) is 26.8 Å². The quantitative estimate of drug-likeness (QED) is 0.475. The summed E-state index contributed by atoms with van der Waals surface area (Å²) in [6.45, 7) is 6.59. The Morgan fingerprint density at radius 2 is 2.00 bits per heavy atom. The zero-order valence-corrected chi connectivity index (χ0v) is 7.25. The number of rotatable bonds is 0. The van der Waals surface area contributed by atoms with Crippen LogP contribution in [0.1, 0.15) is 20.8 Å². The van der Waals surface area contributed by atoms with Crippen LogP contribution in [-0.2, 0) is 0 Å². The largest absolute Gasteiger partial charge is 0.365 e. The second-order valence-electron chi connectivity index (χ2n) is 3.31. The lowest BCUT2D eigenvalue weighted by Gasteiger charge is -2.52. The fraction of sp³-hybridized carbons (Fsp3) is 0.857. The molecule has 0 aromatic heterocycles. The normalized spacial score (nSPS) is 32.2. The molecule has 2 heteroatoms. The van der Waals surface area contributed by atoms with E-state index in [1.165, 1.54) is 0 Å². The third-order valence-electron chi connectivity index (χ3n) is 2.50. The van der Waals surface area contributed by atoms with Crippen LogP contribution in [0.3, 0.4) is 0 Å². The summed E-state index contributed by atoms with van der Waals surface area (Å²) in [6, 6.07) is 0.616. The third kappa shape index (κ3) is 0.692. The molecule has 0 spiro atoms. The van der Waals surface area contributed by atoms with Crippen LogP contribution >= 0.6 is 12.2 Å². The van der Waals surface area contributed by atoms with Gasteiger partial charge in [0.25, 0.3) is 0 Å². The molecule has 0 aliphatic carbocycles. The van der Waals surface area contributed by atoms with Gasteiger partial charge in [0.1, 0.15) is 0 Å². The van der Waals surface area contributed by atoms with Crippen molar-refractivity contribution in [3.8, 4) is 0 Å². The van der Waals surface area contributed by atoms with Gasteiger partial charge in [-0.05, 0) is 6.92 Å². The second kappa shape index (κ2) is 1.69. The molecule has 52 valence electrons. The molecule has 0 N–H and O–H groups in total. The third-order valence-corrected chi connectivity index (χ3v) is 3.31. The minimum atomic E-state index is 0.268. The highest BCUT2D eigenvalue weighted by Gasteiger charge is 2.45. The molecule has 0 aromatic carbocycles. The van der Waals surface area contributed by atoms with Crippen LogP contribution in [0.25, 0.3) is 0 Å². The Kier molecular flexibility index (Phi) is 1.31. The predicted molar refractivity (Wildman–Crippen MR) is 43.6 cm³/mol. The topological polar surface area (TPSA) is 3.24 Å². The van der Waals surface area contributed by atoms with E-state index in [1.54, 1.807) is 0 Å². The summed E-state index contributed by atoms with van der Waals surface area (Å²) in [5.41, 5.74) is 0.268. The van der Waals surface area contributed by atoms with E-state index in [9.17, 15) is 0 Å². The maximum Gasteiger partial charge on any atom is 0.0857 e. The minimum absolute atomic E-state index is 0.268. The number of hydrogen-bond donors (Lipinski definition) is 0. The molecule has 1 fully saturated rings. The molecule has 1 unspecified atom stereocenters. The fourth-order valence-electron chi connectivity index (χ4n) is 1.23. The van der Waals surface area contributed by atoms with Crippen LogP contribution in [0, 0.1) is 5.41 Å². The minimum Gasteiger partial charge on any atom is -0.365 e. The summed E-state index contributed by atoms with van der Waals surface area (Å²) < 4.78 is 0. The van der Waals surface area contributed by atoms with Crippen LogP contribution in [0.2, 0.25) is 0 Å². The average Bonchev–Trinajstić information content (AvgIpc) is 1.84. The van der Waals surface area contributed by atoms with E-state index in [0.29, 0.717) is 6.04 Å². The first-order chi connectivity index (χ1) is 3.98. The lowest BCUT2D eigenvalue weighted by molar-refractivity contribution is 0.163. The average molecular weight is 143 g/mol. The van der Waals surface area contributed by atoms with E-state index in [0.717, 1.165) is 4.99 Å². The Hall–Kier alpha value is -0.110. The summed E-state index contributed by atoms with van der Waals surface area (Å²) in [6.07, 6.45) is 0. The monoisotopic (exact) mass is 143 g/mol. The predicted octanol–water partition coefficient (Wildman–Crippen LogP) is 1.67. The summed E-state index contributed by atoms with van der Waals surface area (Å²) in [5.74, 6) is 0. The van der Waals surface area contributed by atoms with Gasteiger partial charge in [0.05, 0.1) is 4.99 Å². The molecule has 0 bridgehead atoms. The maximum absolute atomic E-state index is 5.15. The first kappa shape index (κ1) is 7.00. The molecule has 1 atom stereocenters. The first-order valence-electron chi connectivity index (χ1n) is 3.25. The highest BCUT2D eigenvalue weighted by molar-refractivity contribution is 7.80. The molecule has 0 amide bonds. The van der Waals surface area contributed by atoms with Gasteiger partial charge >= 0.3 is 0 Å². The highest BCUT2D eigenvalue weighted by atomic mass is 32.1. The van der Waals surface area contributed by atoms with Gasteiger partial charge in [-0.25, -0.2) is 0 Å². The molecule has 1 aliphatic rings. The van der Waals surface area contributed by atoms with E-state index in [4.69, 9.17) is 12.2 Å². The molecule has 1 heterocycles. The van der Waals surface area contributed by atoms with Crippen LogP contribution in [0.15, 0.2) is 0 Å². The van der Waals surface area contributed by atoms with Crippen molar-refractivity contribution in [1.82, 2.24) is 4.90 Å². The van der Waals surface area contributed by atoms with Crippen molar-refractivity contribution in [1.29, 1.82) is 0 Å². The van der Waals surface area contributed by atoms with Gasteiger partial charge in [0, 0.05) is 18.5 Å². The molecule has 0 saturated carbocycles. The molecule has 1 aliphatic heterocycles. The number of likely N-dealkylation sites (tertiary alicyclic amines) is 1. The molecule has 1 nitrogen and oxygen atoms in total. The Labute approximate surface area is 62.0 Å². The zero-order valence-electron chi connectivity index (χ0n) is 6.43. The van der Waals surface area contributed by atoms with Gasteiger partial charge in [0.2, 0.25) is 0 Å². The Balaban J connectivity index is 2.73. The van der Waals surface area contributed by atoms with Gasteiger partial charge in [-0.1, -0.05) is 26.1 Å². The Morgan fingerprint density at radius 3 is 2.11 bits per heavy atom. The molecular weight excluding hydrogens is 130 g/mol. The van der Waals surface area contributed by atoms with Crippen molar-refractivity contribution in [2.75, 3.05) is 7.05 Å².